The molecule has 0 fully saturated rings. The van der Waals surface area contributed by atoms with Crippen molar-refractivity contribution in [3.63, 3.8) is 0 Å². The molecule has 1 amide bonds. The van der Waals surface area contributed by atoms with Crippen LogP contribution in [0.3, 0.4) is 0 Å². The minimum atomic E-state index is -3.03. The summed E-state index contributed by atoms with van der Waals surface area (Å²) in [6, 6.07) is 4.58. The van der Waals surface area contributed by atoms with E-state index >= 15 is 0 Å². The highest BCUT2D eigenvalue weighted by atomic mass is 32.5. The monoisotopic (exact) mass is 500 g/mol. The fourth-order valence-corrected chi connectivity index (χ4v) is 4.75. The van der Waals surface area contributed by atoms with Crippen molar-refractivity contribution in [3.8, 4) is 11.5 Å². The van der Waals surface area contributed by atoms with Gasteiger partial charge in [0, 0.05) is 20.1 Å². The van der Waals surface area contributed by atoms with Crippen LogP contribution in [0.1, 0.15) is 52.0 Å². The Kier molecular flexibility index (Phi) is 13.3. The van der Waals surface area contributed by atoms with Gasteiger partial charge in [0.15, 0.2) is 11.5 Å². The van der Waals surface area contributed by atoms with Gasteiger partial charge in [-0.1, -0.05) is 32.1 Å². The molecule has 2 N–H and O–H groups in total. The number of hydrogen-bond acceptors (Lipinski definition) is 7. The van der Waals surface area contributed by atoms with Gasteiger partial charge in [0.25, 0.3) is 0 Å². The Morgan fingerprint density at radius 2 is 1.85 bits per heavy atom. The molecule has 10 heteroatoms. The molecule has 1 aromatic carbocycles. The fourth-order valence-electron chi connectivity index (χ4n) is 2.81. The molecule has 33 heavy (non-hydrogen) atoms. The summed E-state index contributed by atoms with van der Waals surface area (Å²) < 4.78 is 21.4. The average Bonchev–Trinajstić information content (AvgIpc) is 2.79. The number of unbranched alkanes of at least 4 members (excludes halogenated alkanes) is 2. The molecule has 0 spiro atoms. The summed E-state index contributed by atoms with van der Waals surface area (Å²) in [5.41, 5.74) is 0.856. The van der Waals surface area contributed by atoms with Gasteiger partial charge in [-0.25, -0.2) is 5.09 Å². The maximum Gasteiger partial charge on any atom is 0.323 e. The highest BCUT2D eigenvalue weighted by Crippen LogP contribution is 2.47. The topological polar surface area (TPSA) is 95.1 Å². The zero-order valence-corrected chi connectivity index (χ0v) is 22.1. The van der Waals surface area contributed by atoms with E-state index in [1.54, 1.807) is 19.1 Å². The van der Waals surface area contributed by atoms with Crippen molar-refractivity contribution in [2.45, 2.75) is 59.0 Å². The van der Waals surface area contributed by atoms with Crippen LogP contribution >= 0.6 is 6.64 Å². The largest absolute Gasteiger partial charge is 0.493 e. The van der Waals surface area contributed by atoms with Crippen molar-refractivity contribution in [1.82, 2.24) is 10.4 Å². The minimum absolute atomic E-state index is 0.0121. The van der Waals surface area contributed by atoms with Crippen molar-refractivity contribution in [2.75, 3.05) is 21.3 Å². The molecule has 0 saturated carbocycles. The second-order valence-electron chi connectivity index (χ2n) is 7.83. The summed E-state index contributed by atoms with van der Waals surface area (Å²) in [6.45, 7) is 3.25. The Bertz CT molecular complexity index is 846. The number of ether oxygens (including phenoxy) is 2. The van der Waals surface area contributed by atoms with Gasteiger partial charge in [0.2, 0.25) is 5.91 Å². The van der Waals surface area contributed by atoms with Crippen LogP contribution in [-0.4, -0.2) is 39.2 Å². The van der Waals surface area contributed by atoms with Crippen LogP contribution < -0.4 is 19.7 Å². The van der Waals surface area contributed by atoms with Crippen molar-refractivity contribution in [1.29, 1.82) is 0 Å². The van der Waals surface area contributed by atoms with Crippen LogP contribution in [-0.2, 0) is 37.2 Å². The molecule has 0 saturated heterocycles. The van der Waals surface area contributed by atoms with Crippen LogP contribution in [0.5, 0.6) is 11.5 Å². The SMILES string of the molecule is COC(=O)C(C)NP(=S)(OC)Oc1ccc(CNC(=O)CCCC/C=C/C(C)C)cc1OC. The quantitative estimate of drug-likeness (QED) is 0.158. The molecule has 0 aliphatic carbocycles. The number of amides is 1. The van der Waals surface area contributed by atoms with E-state index in [2.05, 4.69) is 36.4 Å². The third kappa shape index (κ3) is 11.2. The first-order valence-electron chi connectivity index (χ1n) is 10.9. The molecular weight excluding hydrogens is 463 g/mol. The molecule has 186 valence electrons. The number of nitrogens with one attached hydrogen (secondary N) is 2. The molecule has 2 atom stereocenters. The van der Waals surface area contributed by atoms with E-state index in [9.17, 15) is 9.59 Å². The molecule has 0 aromatic heterocycles. The number of carbonyl (C=O) groups excluding carboxylic acids is 2. The number of benzene rings is 1. The van der Waals surface area contributed by atoms with Gasteiger partial charge in [-0.2, -0.15) is 0 Å². The predicted molar refractivity (Wildman–Crippen MR) is 134 cm³/mol. The number of hydrogen-bond donors (Lipinski definition) is 2. The first-order chi connectivity index (χ1) is 15.6. The third-order valence-electron chi connectivity index (χ3n) is 4.63. The Morgan fingerprint density at radius 3 is 2.45 bits per heavy atom. The number of allylic oxidation sites excluding steroid dienone is 2. The zero-order valence-electron chi connectivity index (χ0n) is 20.4. The first kappa shape index (κ1) is 29.1. The summed E-state index contributed by atoms with van der Waals surface area (Å²) in [7, 11) is 4.22. The number of carbonyl (C=O) groups is 2. The van der Waals surface area contributed by atoms with Crippen molar-refractivity contribution in [2.24, 2.45) is 5.92 Å². The second kappa shape index (κ2) is 15.1. The van der Waals surface area contributed by atoms with E-state index in [0.29, 0.717) is 30.4 Å². The highest BCUT2D eigenvalue weighted by Gasteiger charge is 2.27. The third-order valence-corrected chi connectivity index (χ3v) is 7.24. The molecule has 8 nitrogen and oxygen atoms in total. The smallest absolute Gasteiger partial charge is 0.323 e. The molecule has 0 heterocycles. The lowest BCUT2D eigenvalue weighted by Gasteiger charge is -2.25. The summed E-state index contributed by atoms with van der Waals surface area (Å²) >= 11 is 5.46. The molecular formula is C23H37N2O6PS. The Hall–Kier alpha value is -1.93. The molecule has 2 unspecified atom stereocenters. The van der Waals surface area contributed by atoms with Gasteiger partial charge in [0.1, 0.15) is 6.04 Å². The van der Waals surface area contributed by atoms with Gasteiger partial charge in [-0.05, 0) is 61.6 Å². The Balaban J connectivity index is 2.64. The van der Waals surface area contributed by atoms with E-state index in [4.69, 9.17) is 30.3 Å². The normalized spacial score (nSPS) is 14.0. The predicted octanol–water partition coefficient (Wildman–Crippen LogP) is 4.48. The highest BCUT2D eigenvalue weighted by molar-refractivity contribution is 8.09. The van der Waals surface area contributed by atoms with E-state index < -0.39 is 18.7 Å². The maximum absolute atomic E-state index is 12.1. The first-order valence-corrected chi connectivity index (χ1v) is 13.6. The van der Waals surface area contributed by atoms with Crippen molar-refractivity contribution < 1.29 is 28.1 Å². The molecule has 0 aliphatic rings. The Labute approximate surface area is 202 Å². The van der Waals surface area contributed by atoms with E-state index in [-0.39, 0.29) is 5.91 Å². The number of methoxy groups -OCH3 is 2. The average molecular weight is 501 g/mol. The molecule has 0 bridgehead atoms. The fraction of sp³-hybridized carbons (Fsp3) is 0.565. The van der Waals surface area contributed by atoms with Crippen molar-refractivity contribution in [3.05, 3.63) is 35.9 Å². The van der Waals surface area contributed by atoms with Gasteiger partial charge < -0.3 is 23.8 Å². The second-order valence-corrected chi connectivity index (χ2v) is 11.1. The van der Waals surface area contributed by atoms with Crippen molar-refractivity contribution >= 4 is 30.3 Å². The van der Waals surface area contributed by atoms with Crippen LogP contribution in [0.25, 0.3) is 0 Å². The zero-order chi connectivity index (χ0) is 24.9. The van der Waals surface area contributed by atoms with Crippen LogP contribution in [0.2, 0.25) is 0 Å². The summed E-state index contributed by atoms with van der Waals surface area (Å²) in [5.74, 6) is 0.905. The standard InChI is InChI=1S/C23H37N2O6PS/c1-17(2)11-9-7-8-10-12-22(26)24-16-19-13-14-20(21(15-19)28-4)31-32(33,30-6)25-18(3)23(27)29-5/h9,11,13-15,17-18H,7-8,10,12,16H2,1-6H3,(H,24,26)(H,25,33)/b11-9+. The lowest BCUT2D eigenvalue weighted by Crippen LogP contribution is -2.34. The van der Waals surface area contributed by atoms with Gasteiger partial charge >= 0.3 is 12.6 Å². The van der Waals surface area contributed by atoms with Gasteiger partial charge in [-0.15, -0.1) is 0 Å². The number of rotatable bonds is 15. The number of esters is 1. The molecule has 0 radical (unpaired) electrons. The molecule has 1 rings (SSSR count). The summed E-state index contributed by atoms with van der Waals surface area (Å²) in [5, 5.41) is 5.80. The minimum Gasteiger partial charge on any atom is -0.493 e. The Morgan fingerprint density at radius 1 is 1.12 bits per heavy atom. The van der Waals surface area contributed by atoms with Crippen LogP contribution in [0.15, 0.2) is 30.4 Å². The maximum atomic E-state index is 12.1. The van der Waals surface area contributed by atoms with E-state index in [1.807, 2.05) is 6.07 Å². The summed E-state index contributed by atoms with van der Waals surface area (Å²) in [6.07, 6.45) is 7.68. The van der Waals surface area contributed by atoms with Crippen LogP contribution in [0, 0.1) is 5.92 Å². The van der Waals surface area contributed by atoms with E-state index in [1.165, 1.54) is 21.3 Å². The molecule has 0 aliphatic heterocycles. The van der Waals surface area contributed by atoms with Gasteiger partial charge in [0.05, 0.1) is 14.2 Å². The van der Waals surface area contributed by atoms with Gasteiger partial charge in [-0.3, -0.25) is 9.59 Å². The summed E-state index contributed by atoms with van der Waals surface area (Å²) in [4.78, 5) is 23.8. The van der Waals surface area contributed by atoms with Crippen LogP contribution in [0.4, 0.5) is 0 Å². The lowest BCUT2D eigenvalue weighted by atomic mass is 10.1. The molecule has 1 aromatic rings. The lowest BCUT2D eigenvalue weighted by molar-refractivity contribution is -0.142. The van der Waals surface area contributed by atoms with E-state index in [0.717, 1.165) is 24.8 Å².